The number of hydrogen-bond acceptors (Lipinski definition) is 8. The van der Waals surface area contributed by atoms with Crippen LogP contribution in [0, 0.1) is 0 Å². The van der Waals surface area contributed by atoms with Crippen molar-refractivity contribution in [3.63, 3.8) is 0 Å². The predicted molar refractivity (Wildman–Crippen MR) is 110 cm³/mol. The number of halogens is 1. The number of rotatable bonds is 6. The van der Waals surface area contributed by atoms with Crippen LogP contribution < -0.4 is 15.3 Å². The molecule has 2 aromatic rings. The summed E-state index contributed by atoms with van der Waals surface area (Å²) in [5, 5.41) is 0. The van der Waals surface area contributed by atoms with Gasteiger partial charge in [-0.1, -0.05) is 11.6 Å². The lowest BCUT2D eigenvalue weighted by atomic mass is 10.2. The number of carbonyl (C=O) groups is 3. The second-order valence-corrected chi connectivity index (χ2v) is 8.29. The van der Waals surface area contributed by atoms with E-state index in [1.54, 1.807) is 41.3 Å². The van der Waals surface area contributed by atoms with E-state index >= 15 is 0 Å². The summed E-state index contributed by atoms with van der Waals surface area (Å²) < 4.78 is 10.9. The van der Waals surface area contributed by atoms with Crippen molar-refractivity contribution in [2.75, 3.05) is 42.6 Å². The molecule has 2 saturated heterocycles. The summed E-state index contributed by atoms with van der Waals surface area (Å²) in [5.74, 6) is -0.651. The van der Waals surface area contributed by atoms with Crippen molar-refractivity contribution >= 4 is 52.3 Å². The molecule has 0 aliphatic carbocycles. The van der Waals surface area contributed by atoms with E-state index < -0.39 is 18.2 Å². The van der Waals surface area contributed by atoms with Crippen LogP contribution in [-0.4, -0.2) is 56.9 Å². The molecular weight excluding hydrogens is 434 g/mol. The van der Waals surface area contributed by atoms with Crippen LogP contribution in [0.1, 0.15) is 9.67 Å². The minimum absolute atomic E-state index is 0.0684. The monoisotopic (exact) mass is 451 g/mol. The molecule has 0 spiro atoms. The largest absolute Gasteiger partial charge is 0.442 e. The van der Waals surface area contributed by atoms with Gasteiger partial charge in [0.25, 0.3) is 5.91 Å². The van der Waals surface area contributed by atoms with Crippen LogP contribution in [0.2, 0.25) is 4.34 Å². The molecule has 0 saturated carbocycles. The molecule has 0 bridgehead atoms. The lowest BCUT2D eigenvalue weighted by molar-refractivity contribution is -0.125. The van der Waals surface area contributed by atoms with Gasteiger partial charge < -0.3 is 19.2 Å². The Morgan fingerprint density at radius 2 is 1.90 bits per heavy atom. The van der Waals surface area contributed by atoms with Gasteiger partial charge in [-0.15, -0.1) is 16.8 Å². The standard InChI is InChI=1S/C19H18ClN3O6S/c20-16-6-5-15(30-16)18(25)29-21-9-14-10-23(19(26)28-14)13-3-1-12(2-4-13)22-7-8-27-11-17(22)24/h1-6,14,21H,7-11H2. The molecule has 1 unspecified atom stereocenters. The minimum atomic E-state index is -0.554. The summed E-state index contributed by atoms with van der Waals surface area (Å²) in [6.07, 6.45) is -0.980. The Kier molecular flexibility index (Phi) is 6.18. The quantitative estimate of drug-likeness (QED) is 0.673. The second-order valence-electron chi connectivity index (χ2n) is 6.57. The molecule has 2 fully saturated rings. The lowest BCUT2D eigenvalue weighted by Gasteiger charge is -2.27. The van der Waals surface area contributed by atoms with E-state index in [0.717, 1.165) is 17.0 Å². The van der Waals surface area contributed by atoms with E-state index in [-0.39, 0.29) is 19.1 Å². The molecule has 30 heavy (non-hydrogen) atoms. The first-order valence-corrected chi connectivity index (χ1v) is 10.4. The van der Waals surface area contributed by atoms with Gasteiger partial charge in [-0.3, -0.25) is 9.69 Å². The minimum Gasteiger partial charge on any atom is -0.442 e. The summed E-state index contributed by atoms with van der Waals surface area (Å²) >= 11 is 6.91. The Morgan fingerprint density at radius 1 is 1.17 bits per heavy atom. The van der Waals surface area contributed by atoms with Crippen LogP contribution in [0.15, 0.2) is 36.4 Å². The van der Waals surface area contributed by atoms with Crippen molar-refractivity contribution in [1.29, 1.82) is 0 Å². The van der Waals surface area contributed by atoms with Gasteiger partial charge in [0.05, 0.1) is 24.0 Å². The molecule has 2 amide bonds. The Balaban J connectivity index is 1.30. The van der Waals surface area contributed by atoms with Gasteiger partial charge in [-0.05, 0) is 36.4 Å². The van der Waals surface area contributed by atoms with Crippen LogP contribution in [0.25, 0.3) is 0 Å². The fourth-order valence-corrected chi connectivity index (χ4v) is 4.04. The second kappa shape index (κ2) is 9.00. The fourth-order valence-electron chi connectivity index (χ4n) is 3.12. The molecule has 158 valence electrons. The number of amides is 2. The van der Waals surface area contributed by atoms with Crippen molar-refractivity contribution in [2.45, 2.75) is 6.10 Å². The van der Waals surface area contributed by atoms with Gasteiger partial charge in [0.1, 0.15) is 17.6 Å². The number of morpholine rings is 1. The van der Waals surface area contributed by atoms with Gasteiger partial charge in [0, 0.05) is 17.9 Å². The van der Waals surface area contributed by atoms with Crippen LogP contribution in [0.5, 0.6) is 0 Å². The number of cyclic esters (lactones) is 1. The van der Waals surface area contributed by atoms with Crippen molar-refractivity contribution in [3.8, 4) is 0 Å². The maximum absolute atomic E-state index is 12.2. The number of nitrogens with zero attached hydrogens (tertiary/aromatic N) is 2. The summed E-state index contributed by atoms with van der Waals surface area (Å²) in [4.78, 5) is 44.5. The smallest absolute Gasteiger partial charge is 0.414 e. The number of hydrogen-bond donors (Lipinski definition) is 1. The van der Waals surface area contributed by atoms with Crippen molar-refractivity contribution < 1.29 is 28.7 Å². The molecule has 11 heteroatoms. The molecule has 2 aliphatic heterocycles. The fraction of sp³-hybridized carbons (Fsp3) is 0.316. The van der Waals surface area contributed by atoms with Crippen molar-refractivity contribution in [3.05, 3.63) is 45.6 Å². The summed E-state index contributed by atoms with van der Waals surface area (Å²) in [6.45, 7) is 1.50. The number of anilines is 2. The molecule has 1 atom stereocenters. The molecule has 2 aliphatic rings. The van der Waals surface area contributed by atoms with E-state index in [1.165, 1.54) is 4.90 Å². The highest BCUT2D eigenvalue weighted by atomic mass is 35.5. The average molecular weight is 452 g/mol. The molecule has 3 heterocycles. The van der Waals surface area contributed by atoms with Crippen LogP contribution in [-0.2, 0) is 19.1 Å². The number of thiophene rings is 1. The molecule has 1 aromatic heterocycles. The van der Waals surface area contributed by atoms with Crippen LogP contribution >= 0.6 is 22.9 Å². The zero-order valence-corrected chi connectivity index (χ0v) is 17.3. The molecule has 1 aromatic carbocycles. The number of nitrogens with one attached hydrogen (secondary N) is 1. The Labute approximate surface area is 181 Å². The van der Waals surface area contributed by atoms with E-state index in [0.29, 0.717) is 34.6 Å². The Bertz CT molecular complexity index is 950. The summed E-state index contributed by atoms with van der Waals surface area (Å²) in [7, 11) is 0. The third-order valence-electron chi connectivity index (χ3n) is 4.58. The first-order valence-electron chi connectivity index (χ1n) is 9.17. The van der Waals surface area contributed by atoms with Gasteiger partial charge in [-0.2, -0.15) is 0 Å². The number of carbonyl (C=O) groups excluding carboxylic acids is 3. The zero-order valence-electron chi connectivity index (χ0n) is 15.7. The van der Waals surface area contributed by atoms with Crippen LogP contribution in [0.4, 0.5) is 16.2 Å². The highest BCUT2D eigenvalue weighted by molar-refractivity contribution is 7.17. The third-order valence-corrected chi connectivity index (χ3v) is 5.79. The van der Waals surface area contributed by atoms with Gasteiger partial charge in [0.15, 0.2) is 0 Å². The summed E-state index contributed by atoms with van der Waals surface area (Å²) in [6, 6.07) is 10.3. The number of hydroxylamine groups is 1. The molecule has 1 N–H and O–H groups in total. The van der Waals surface area contributed by atoms with Gasteiger partial charge in [0.2, 0.25) is 0 Å². The maximum Gasteiger partial charge on any atom is 0.414 e. The predicted octanol–water partition coefficient (Wildman–Crippen LogP) is 2.45. The maximum atomic E-state index is 12.2. The zero-order chi connectivity index (χ0) is 21.1. The lowest BCUT2D eigenvalue weighted by Crippen LogP contribution is -2.41. The third kappa shape index (κ3) is 4.57. The van der Waals surface area contributed by atoms with E-state index in [1.807, 2.05) is 0 Å². The summed E-state index contributed by atoms with van der Waals surface area (Å²) in [5.41, 5.74) is 3.94. The molecule has 0 radical (unpaired) electrons. The molecule has 4 rings (SSSR count). The first-order chi connectivity index (χ1) is 14.5. The average Bonchev–Trinajstić information content (AvgIpc) is 3.34. The highest BCUT2D eigenvalue weighted by Crippen LogP contribution is 2.26. The molecule has 9 nitrogen and oxygen atoms in total. The Hall–Kier alpha value is -2.66. The van der Waals surface area contributed by atoms with E-state index in [2.05, 4.69) is 5.48 Å². The van der Waals surface area contributed by atoms with Gasteiger partial charge in [-0.25, -0.2) is 9.59 Å². The SMILES string of the molecule is O=C(ONCC1CN(c2ccc(N3CCOCC3=O)cc2)C(=O)O1)c1ccc(Cl)s1. The number of ether oxygens (including phenoxy) is 2. The first kappa shape index (κ1) is 20.6. The van der Waals surface area contributed by atoms with E-state index in [4.69, 9.17) is 25.9 Å². The van der Waals surface area contributed by atoms with E-state index in [9.17, 15) is 14.4 Å². The van der Waals surface area contributed by atoms with Crippen molar-refractivity contribution in [1.82, 2.24) is 5.48 Å². The topological polar surface area (TPSA) is 97.4 Å². The number of benzene rings is 1. The highest BCUT2D eigenvalue weighted by Gasteiger charge is 2.32. The van der Waals surface area contributed by atoms with Crippen LogP contribution in [0.3, 0.4) is 0 Å². The van der Waals surface area contributed by atoms with Gasteiger partial charge >= 0.3 is 12.1 Å². The molecular formula is C19H18ClN3O6S. The Morgan fingerprint density at radius 3 is 2.57 bits per heavy atom. The van der Waals surface area contributed by atoms with Crippen molar-refractivity contribution in [2.24, 2.45) is 0 Å². The normalized spacial score (nSPS) is 19.2.